The first kappa shape index (κ1) is 14.4. The van der Waals surface area contributed by atoms with Gasteiger partial charge in [0.05, 0.1) is 5.75 Å². The summed E-state index contributed by atoms with van der Waals surface area (Å²) in [6.07, 6.45) is 3.03. The Morgan fingerprint density at radius 2 is 2.29 bits per heavy atom. The number of rotatable bonds is 5. The fourth-order valence-electron chi connectivity index (χ4n) is 2.60. The van der Waals surface area contributed by atoms with Crippen LogP contribution in [0.2, 0.25) is 0 Å². The Labute approximate surface area is 127 Å². The minimum Gasteiger partial charge on any atom is -0.481 e. The summed E-state index contributed by atoms with van der Waals surface area (Å²) < 4.78 is 2.09. The quantitative estimate of drug-likeness (QED) is 0.860. The van der Waals surface area contributed by atoms with E-state index in [-0.39, 0.29) is 5.75 Å². The highest BCUT2D eigenvalue weighted by Crippen LogP contribution is 2.52. The number of aliphatic carboxylic acids is 1. The lowest BCUT2D eigenvalue weighted by Crippen LogP contribution is -2.07. The molecule has 1 aliphatic carbocycles. The Morgan fingerprint density at radius 1 is 1.57 bits per heavy atom. The van der Waals surface area contributed by atoms with Crippen LogP contribution in [0.1, 0.15) is 25.8 Å². The van der Waals surface area contributed by atoms with Crippen LogP contribution in [0.4, 0.5) is 0 Å². The summed E-state index contributed by atoms with van der Waals surface area (Å²) in [5.41, 5.74) is 3.14. The van der Waals surface area contributed by atoms with Crippen molar-refractivity contribution in [2.75, 3.05) is 5.75 Å². The van der Waals surface area contributed by atoms with E-state index in [1.165, 1.54) is 18.2 Å². The number of nitrogens with zero attached hydrogens (tertiary/aromatic N) is 3. The number of carbonyl (C=O) groups is 1. The lowest BCUT2D eigenvalue weighted by atomic mass is 10.1. The summed E-state index contributed by atoms with van der Waals surface area (Å²) in [4.78, 5) is 19.9. The molecule has 0 aromatic carbocycles. The lowest BCUT2D eigenvalue weighted by Gasteiger charge is -2.09. The third kappa shape index (κ3) is 2.90. The van der Waals surface area contributed by atoms with Gasteiger partial charge in [0.2, 0.25) is 0 Å². The van der Waals surface area contributed by atoms with E-state index >= 15 is 0 Å². The van der Waals surface area contributed by atoms with Gasteiger partial charge >= 0.3 is 5.97 Å². The summed E-state index contributed by atoms with van der Waals surface area (Å²) in [7, 11) is 0. The molecule has 2 heterocycles. The molecule has 0 bridgehead atoms. The molecule has 0 amide bonds. The fraction of sp³-hybridized carbons (Fsp3) is 0.533. The molecule has 1 N–H and O–H groups in total. The first-order valence-electron chi connectivity index (χ1n) is 7.04. The highest BCUT2D eigenvalue weighted by Gasteiger charge is 2.45. The lowest BCUT2D eigenvalue weighted by molar-refractivity contribution is -0.133. The molecule has 1 fully saturated rings. The zero-order valence-corrected chi connectivity index (χ0v) is 13.3. The minimum absolute atomic E-state index is 0.0242. The van der Waals surface area contributed by atoms with E-state index in [2.05, 4.69) is 28.4 Å². The summed E-state index contributed by atoms with van der Waals surface area (Å²) in [5.74, 6) is -0.187. The van der Waals surface area contributed by atoms with Gasteiger partial charge in [-0.05, 0) is 36.3 Å². The van der Waals surface area contributed by atoms with Gasteiger partial charge in [-0.25, -0.2) is 9.97 Å². The zero-order valence-electron chi connectivity index (χ0n) is 12.5. The predicted molar refractivity (Wildman–Crippen MR) is 82.5 cm³/mol. The monoisotopic (exact) mass is 305 g/mol. The number of carboxylic acid groups (broad SMARTS) is 1. The summed E-state index contributed by atoms with van der Waals surface area (Å²) in [6, 6.07) is 2.00. The second kappa shape index (κ2) is 5.02. The largest absolute Gasteiger partial charge is 0.481 e. The number of aryl methyl sites for hydroxylation is 1. The molecule has 1 atom stereocenters. The van der Waals surface area contributed by atoms with Gasteiger partial charge in [0.25, 0.3) is 0 Å². The maximum absolute atomic E-state index is 10.8. The van der Waals surface area contributed by atoms with Crippen LogP contribution >= 0.6 is 11.8 Å². The number of hydrogen-bond acceptors (Lipinski definition) is 4. The highest BCUT2D eigenvalue weighted by atomic mass is 32.2. The van der Waals surface area contributed by atoms with Crippen LogP contribution in [0.15, 0.2) is 17.4 Å². The standard InChI is InChI=1S/C15H19N3O2S/c1-9-4-11-13(16-6-9)18(7-10-5-15(10,2)3)14(17-11)21-8-12(19)20/h4,6,10H,5,7-8H2,1-3H3,(H,19,20). The molecule has 21 heavy (non-hydrogen) atoms. The number of pyridine rings is 1. The van der Waals surface area contributed by atoms with Gasteiger partial charge in [0, 0.05) is 12.7 Å². The zero-order chi connectivity index (χ0) is 15.2. The molecule has 0 aliphatic heterocycles. The second-order valence-electron chi connectivity index (χ2n) is 6.43. The molecule has 0 spiro atoms. The highest BCUT2D eigenvalue weighted by molar-refractivity contribution is 7.99. The number of hydrogen-bond donors (Lipinski definition) is 1. The van der Waals surface area contributed by atoms with Crippen LogP contribution in [0, 0.1) is 18.3 Å². The van der Waals surface area contributed by atoms with Gasteiger partial charge in [0.1, 0.15) is 5.52 Å². The summed E-state index contributed by atoms with van der Waals surface area (Å²) >= 11 is 1.27. The van der Waals surface area contributed by atoms with Gasteiger partial charge in [-0.1, -0.05) is 25.6 Å². The molecular formula is C15H19N3O2S. The van der Waals surface area contributed by atoms with Crippen LogP contribution in [0.25, 0.3) is 11.2 Å². The van der Waals surface area contributed by atoms with Crippen molar-refractivity contribution in [3.63, 3.8) is 0 Å². The molecule has 5 nitrogen and oxygen atoms in total. The molecule has 6 heteroatoms. The Bertz CT molecular complexity index is 708. The van der Waals surface area contributed by atoms with Crippen LogP contribution in [0.3, 0.4) is 0 Å². The van der Waals surface area contributed by atoms with E-state index in [1.807, 2.05) is 19.2 Å². The SMILES string of the molecule is Cc1cnc2c(c1)nc(SCC(=O)O)n2CC1CC1(C)C. The van der Waals surface area contributed by atoms with E-state index < -0.39 is 5.97 Å². The van der Waals surface area contributed by atoms with Crippen molar-refractivity contribution in [2.24, 2.45) is 11.3 Å². The summed E-state index contributed by atoms with van der Waals surface area (Å²) in [5, 5.41) is 9.65. The Hall–Kier alpha value is -1.56. The molecule has 2 aromatic heterocycles. The molecule has 1 unspecified atom stereocenters. The number of fused-ring (bicyclic) bond motifs is 1. The van der Waals surface area contributed by atoms with E-state index in [0.29, 0.717) is 11.3 Å². The van der Waals surface area contributed by atoms with Crippen LogP contribution < -0.4 is 0 Å². The van der Waals surface area contributed by atoms with E-state index in [9.17, 15) is 4.79 Å². The van der Waals surface area contributed by atoms with Gasteiger partial charge in [-0.2, -0.15) is 0 Å². The van der Waals surface area contributed by atoms with Gasteiger partial charge in [-0.3, -0.25) is 4.79 Å². The predicted octanol–water partition coefficient (Wildman–Crippen LogP) is 2.96. The molecule has 1 aliphatic rings. The Morgan fingerprint density at radius 3 is 2.90 bits per heavy atom. The number of thioether (sulfide) groups is 1. The van der Waals surface area contributed by atoms with Crippen LogP contribution in [-0.4, -0.2) is 31.4 Å². The molecule has 2 aromatic rings. The van der Waals surface area contributed by atoms with Gasteiger partial charge in [-0.15, -0.1) is 0 Å². The average Bonchev–Trinajstić information content (AvgIpc) is 2.85. The smallest absolute Gasteiger partial charge is 0.313 e. The van der Waals surface area contributed by atoms with E-state index in [4.69, 9.17) is 5.11 Å². The molecule has 1 saturated carbocycles. The first-order chi connectivity index (χ1) is 9.87. The van der Waals surface area contributed by atoms with E-state index in [0.717, 1.165) is 28.4 Å². The number of imidazole rings is 1. The van der Waals surface area contributed by atoms with Crippen molar-refractivity contribution >= 4 is 28.9 Å². The van der Waals surface area contributed by atoms with E-state index in [1.54, 1.807) is 0 Å². The van der Waals surface area contributed by atoms with Crippen molar-refractivity contribution in [2.45, 2.75) is 38.9 Å². The second-order valence-corrected chi connectivity index (χ2v) is 7.37. The third-order valence-electron chi connectivity index (χ3n) is 4.13. The fourth-order valence-corrected chi connectivity index (χ4v) is 3.33. The van der Waals surface area contributed by atoms with Gasteiger partial charge in [0.15, 0.2) is 10.8 Å². The van der Waals surface area contributed by atoms with Gasteiger partial charge < -0.3 is 9.67 Å². The maximum Gasteiger partial charge on any atom is 0.313 e. The molecule has 0 saturated heterocycles. The summed E-state index contributed by atoms with van der Waals surface area (Å²) in [6.45, 7) is 7.37. The molecule has 3 rings (SSSR count). The van der Waals surface area contributed by atoms with Crippen LogP contribution in [0.5, 0.6) is 0 Å². The van der Waals surface area contributed by atoms with Crippen molar-refractivity contribution in [3.8, 4) is 0 Å². The van der Waals surface area contributed by atoms with Crippen molar-refractivity contribution in [1.29, 1.82) is 0 Å². The topological polar surface area (TPSA) is 68.0 Å². The number of carboxylic acids is 1. The first-order valence-corrected chi connectivity index (χ1v) is 8.03. The molecular weight excluding hydrogens is 286 g/mol. The Balaban J connectivity index is 1.96. The normalized spacial score (nSPS) is 19.9. The third-order valence-corrected chi connectivity index (χ3v) is 5.09. The van der Waals surface area contributed by atoms with Crippen molar-refractivity contribution in [1.82, 2.24) is 14.5 Å². The Kier molecular flexibility index (Phi) is 3.43. The van der Waals surface area contributed by atoms with Crippen LogP contribution in [-0.2, 0) is 11.3 Å². The molecule has 112 valence electrons. The van der Waals surface area contributed by atoms with Crippen molar-refractivity contribution < 1.29 is 9.90 Å². The van der Waals surface area contributed by atoms with Crippen molar-refractivity contribution in [3.05, 3.63) is 17.8 Å². The average molecular weight is 305 g/mol. The minimum atomic E-state index is -0.825. The molecule has 0 radical (unpaired) electrons. The number of aromatic nitrogens is 3. The maximum atomic E-state index is 10.8.